The minimum absolute atomic E-state index is 0.141. The van der Waals surface area contributed by atoms with Crippen molar-refractivity contribution in [3.8, 4) is 0 Å². The molecule has 2 aromatic carbocycles. The highest BCUT2D eigenvalue weighted by molar-refractivity contribution is 5.36. The lowest BCUT2D eigenvalue weighted by molar-refractivity contribution is -0.384. The van der Waals surface area contributed by atoms with Crippen LogP contribution in [0.25, 0.3) is 0 Å². The molecule has 0 N–H and O–H groups in total. The topological polar surface area (TPSA) is 51.3 Å². The van der Waals surface area contributed by atoms with Crippen molar-refractivity contribution in [2.75, 3.05) is 6.54 Å². The van der Waals surface area contributed by atoms with E-state index in [-0.39, 0.29) is 16.7 Å². The molecule has 3 aromatic rings. The quantitative estimate of drug-likeness (QED) is 0.468. The number of aryl methyl sites for hydroxylation is 2. The lowest BCUT2D eigenvalue weighted by atomic mass is 9.99. The number of rotatable bonds is 5. The van der Waals surface area contributed by atoms with Crippen LogP contribution in [0.1, 0.15) is 41.8 Å². The minimum Gasteiger partial charge on any atom is -0.350 e. The van der Waals surface area contributed by atoms with Crippen molar-refractivity contribution in [3.63, 3.8) is 0 Å². The van der Waals surface area contributed by atoms with Gasteiger partial charge in [-0.1, -0.05) is 43.3 Å². The molecule has 0 spiro atoms. The van der Waals surface area contributed by atoms with E-state index in [1.165, 1.54) is 16.8 Å². The second-order valence-electron chi connectivity index (χ2n) is 7.38. The van der Waals surface area contributed by atoms with Gasteiger partial charge < -0.3 is 4.57 Å². The van der Waals surface area contributed by atoms with Crippen LogP contribution in [0, 0.1) is 10.1 Å². The molecule has 144 valence electrons. The predicted octanol–water partition coefficient (Wildman–Crippen LogP) is 4.95. The van der Waals surface area contributed by atoms with E-state index in [0.29, 0.717) is 6.54 Å². The van der Waals surface area contributed by atoms with E-state index in [2.05, 4.69) is 59.0 Å². The first-order valence-electron chi connectivity index (χ1n) is 9.87. The molecule has 4 rings (SSSR count). The Morgan fingerprint density at radius 2 is 1.86 bits per heavy atom. The molecule has 0 saturated heterocycles. The summed E-state index contributed by atoms with van der Waals surface area (Å²) < 4.78 is 2.34. The van der Waals surface area contributed by atoms with Crippen molar-refractivity contribution in [2.45, 2.75) is 38.9 Å². The predicted molar refractivity (Wildman–Crippen MR) is 110 cm³/mol. The molecule has 1 aliphatic rings. The molecular weight excluding hydrogens is 350 g/mol. The molecule has 0 unspecified atom stereocenters. The molecule has 5 nitrogen and oxygen atoms in total. The van der Waals surface area contributed by atoms with Crippen LogP contribution in [0.3, 0.4) is 0 Å². The molecule has 0 bridgehead atoms. The van der Waals surface area contributed by atoms with Crippen LogP contribution < -0.4 is 0 Å². The lowest BCUT2D eigenvalue weighted by Crippen LogP contribution is -2.29. The Morgan fingerprint density at radius 1 is 1.04 bits per heavy atom. The number of nitrogens with zero attached hydrogens (tertiary/aromatic N) is 3. The number of aromatic nitrogens is 1. The number of nitro groups is 1. The van der Waals surface area contributed by atoms with Gasteiger partial charge in [-0.25, -0.2) is 0 Å². The fourth-order valence-corrected chi connectivity index (χ4v) is 4.13. The average Bonchev–Trinajstić information content (AvgIpc) is 3.10. The summed E-state index contributed by atoms with van der Waals surface area (Å²) in [6.45, 7) is 4.80. The van der Waals surface area contributed by atoms with Crippen molar-refractivity contribution >= 4 is 5.69 Å². The first-order chi connectivity index (χ1) is 13.7. The van der Waals surface area contributed by atoms with Crippen molar-refractivity contribution in [3.05, 3.63) is 99.4 Å². The molecule has 1 aliphatic heterocycles. The average molecular weight is 375 g/mol. The number of non-ortho nitro benzene ring substituents is 1. The zero-order valence-electron chi connectivity index (χ0n) is 16.1. The lowest BCUT2D eigenvalue weighted by Gasteiger charge is -2.30. The summed E-state index contributed by atoms with van der Waals surface area (Å²) in [5.74, 6) is 0. The van der Waals surface area contributed by atoms with Gasteiger partial charge in [0, 0.05) is 43.7 Å². The van der Waals surface area contributed by atoms with Gasteiger partial charge in [-0.2, -0.15) is 0 Å². The summed E-state index contributed by atoms with van der Waals surface area (Å²) in [6.07, 6.45) is 4.23. The molecule has 2 heterocycles. The largest absolute Gasteiger partial charge is 0.350 e. The van der Waals surface area contributed by atoms with E-state index < -0.39 is 0 Å². The molecule has 5 heteroatoms. The fraction of sp³-hybridized carbons (Fsp3) is 0.304. The standard InChI is InChI=1S/C23H25N3O2/c1-2-18-9-11-20(12-10-18)23-22-8-4-13-24(22)14-5-15-25(23)17-19-6-3-7-21(16-19)26(27)28/h3-4,6-13,16,23H,2,5,14-15,17H2,1H3/t23-/m1/s1. The van der Waals surface area contributed by atoms with Crippen LogP contribution in [-0.4, -0.2) is 20.9 Å². The molecule has 28 heavy (non-hydrogen) atoms. The van der Waals surface area contributed by atoms with Crippen molar-refractivity contribution in [2.24, 2.45) is 0 Å². The monoisotopic (exact) mass is 375 g/mol. The van der Waals surface area contributed by atoms with Gasteiger partial charge in [-0.05, 0) is 41.7 Å². The summed E-state index contributed by atoms with van der Waals surface area (Å²) in [5.41, 5.74) is 5.01. The van der Waals surface area contributed by atoms with Crippen molar-refractivity contribution in [1.82, 2.24) is 9.47 Å². The maximum atomic E-state index is 11.2. The van der Waals surface area contributed by atoms with E-state index in [0.717, 1.165) is 31.5 Å². The maximum Gasteiger partial charge on any atom is 0.269 e. The molecular formula is C23H25N3O2. The zero-order chi connectivity index (χ0) is 19.5. The van der Waals surface area contributed by atoms with E-state index in [9.17, 15) is 10.1 Å². The number of hydrogen-bond donors (Lipinski definition) is 0. The Labute approximate surface area is 165 Å². The van der Waals surface area contributed by atoms with Gasteiger partial charge in [0.25, 0.3) is 5.69 Å². The Hall–Kier alpha value is -2.92. The summed E-state index contributed by atoms with van der Waals surface area (Å²) >= 11 is 0. The fourth-order valence-electron chi connectivity index (χ4n) is 4.13. The van der Waals surface area contributed by atoms with Crippen molar-refractivity contribution < 1.29 is 4.92 Å². The highest BCUT2D eigenvalue weighted by Crippen LogP contribution is 2.33. The van der Waals surface area contributed by atoms with E-state index in [1.54, 1.807) is 18.2 Å². The number of hydrogen-bond acceptors (Lipinski definition) is 3. The molecule has 1 atom stereocenters. The second kappa shape index (κ2) is 7.98. The second-order valence-corrected chi connectivity index (χ2v) is 7.38. The van der Waals surface area contributed by atoms with Gasteiger partial charge in [-0.3, -0.25) is 15.0 Å². The smallest absolute Gasteiger partial charge is 0.269 e. The summed E-state index contributed by atoms with van der Waals surface area (Å²) in [5, 5.41) is 11.2. The number of nitro benzene ring substituents is 1. The van der Waals surface area contributed by atoms with Gasteiger partial charge in [0.1, 0.15) is 0 Å². The highest BCUT2D eigenvalue weighted by atomic mass is 16.6. The Balaban J connectivity index is 1.71. The van der Waals surface area contributed by atoms with E-state index in [1.807, 2.05) is 6.07 Å². The van der Waals surface area contributed by atoms with Crippen molar-refractivity contribution in [1.29, 1.82) is 0 Å². The molecule has 0 fully saturated rings. The third kappa shape index (κ3) is 3.71. The van der Waals surface area contributed by atoms with Crippen LogP contribution in [0.2, 0.25) is 0 Å². The number of fused-ring (bicyclic) bond motifs is 1. The first-order valence-corrected chi connectivity index (χ1v) is 9.87. The first kappa shape index (κ1) is 18.4. The van der Waals surface area contributed by atoms with Crippen LogP contribution in [-0.2, 0) is 19.5 Å². The van der Waals surface area contributed by atoms with Crippen LogP contribution in [0.4, 0.5) is 5.69 Å². The van der Waals surface area contributed by atoms with Gasteiger partial charge in [0.2, 0.25) is 0 Å². The molecule has 0 saturated carbocycles. The summed E-state index contributed by atoms with van der Waals surface area (Å²) in [4.78, 5) is 13.3. The summed E-state index contributed by atoms with van der Waals surface area (Å²) in [7, 11) is 0. The Kier molecular flexibility index (Phi) is 5.26. The SMILES string of the molecule is CCc1ccc([C@@H]2c3cccn3CCCN2Cc2cccc([N+](=O)[O-])c2)cc1. The molecule has 0 aliphatic carbocycles. The van der Waals surface area contributed by atoms with E-state index >= 15 is 0 Å². The van der Waals surface area contributed by atoms with Gasteiger partial charge in [-0.15, -0.1) is 0 Å². The van der Waals surface area contributed by atoms with Crippen LogP contribution in [0.5, 0.6) is 0 Å². The van der Waals surface area contributed by atoms with E-state index in [4.69, 9.17) is 0 Å². The Morgan fingerprint density at radius 3 is 2.61 bits per heavy atom. The number of benzene rings is 2. The van der Waals surface area contributed by atoms with Crippen LogP contribution >= 0.6 is 0 Å². The normalized spacial score (nSPS) is 17.1. The van der Waals surface area contributed by atoms with Gasteiger partial charge in [0.05, 0.1) is 11.0 Å². The summed E-state index contributed by atoms with van der Waals surface area (Å²) in [6, 6.07) is 20.3. The van der Waals surface area contributed by atoms with Crippen LogP contribution in [0.15, 0.2) is 66.9 Å². The molecule has 1 aromatic heterocycles. The third-order valence-electron chi connectivity index (χ3n) is 5.57. The van der Waals surface area contributed by atoms with Gasteiger partial charge >= 0.3 is 0 Å². The third-order valence-corrected chi connectivity index (χ3v) is 5.57. The maximum absolute atomic E-state index is 11.2. The molecule has 0 radical (unpaired) electrons. The highest BCUT2D eigenvalue weighted by Gasteiger charge is 2.27. The Bertz CT molecular complexity index is 962. The zero-order valence-corrected chi connectivity index (χ0v) is 16.1. The van der Waals surface area contributed by atoms with Gasteiger partial charge in [0.15, 0.2) is 0 Å². The minimum atomic E-state index is -0.321. The molecule has 0 amide bonds.